The van der Waals surface area contributed by atoms with Crippen LogP contribution in [-0.4, -0.2) is 38.8 Å². The van der Waals surface area contributed by atoms with Crippen molar-refractivity contribution < 1.29 is 18.0 Å². The smallest absolute Gasteiger partial charge is 0.248 e. The summed E-state index contributed by atoms with van der Waals surface area (Å²) in [5, 5.41) is 10.8. The molecule has 1 amide bonds. The minimum absolute atomic E-state index is 0.0316. The van der Waals surface area contributed by atoms with E-state index in [2.05, 4.69) is 25.5 Å². The first-order chi connectivity index (χ1) is 14.4. The molecule has 30 heavy (non-hydrogen) atoms. The lowest BCUT2D eigenvalue weighted by molar-refractivity contribution is 0.0963. The fourth-order valence-electron chi connectivity index (χ4n) is 3.59. The Labute approximate surface area is 169 Å². The molecule has 4 rings (SSSR count). The highest BCUT2D eigenvalue weighted by Crippen LogP contribution is 2.45. The zero-order chi connectivity index (χ0) is 21.3. The van der Waals surface area contributed by atoms with Crippen LogP contribution in [0.5, 0.6) is 0 Å². The Morgan fingerprint density at radius 1 is 1.17 bits per heavy atom. The number of amides is 1. The minimum atomic E-state index is -1.03. The van der Waals surface area contributed by atoms with Crippen LogP contribution in [0.25, 0.3) is 11.3 Å². The molecule has 1 aliphatic rings. The van der Waals surface area contributed by atoms with Crippen LogP contribution in [0.1, 0.15) is 28.9 Å². The number of halogens is 3. The van der Waals surface area contributed by atoms with E-state index in [4.69, 9.17) is 5.73 Å². The molecule has 1 aromatic carbocycles. The lowest BCUT2D eigenvalue weighted by Crippen LogP contribution is -2.49. The summed E-state index contributed by atoms with van der Waals surface area (Å²) in [7, 11) is 0. The van der Waals surface area contributed by atoms with Crippen molar-refractivity contribution in [2.75, 3.05) is 11.9 Å². The highest BCUT2D eigenvalue weighted by atomic mass is 19.1. The average Bonchev–Trinajstić information content (AvgIpc) is 2.71. The molecule has 10 heteroatoms. The summed E-state index contributed by atoms with van der Waals surface area (Å²) < 4.78 is 41.9. The van der Waals surface area contributed by atoms with Crippen molar-refractivity contribution in [2.24, 2.45) is 5.73 Å². The SMILES string of the molecule is NC(=O)c1ccc(F)c(-c2cnc(NC[C@]3(c4ncccc4F)C[C@H](F)C3)nn2)c1. The molecule has 0 bridgehead atoms. The topological polar surface area (TPSA) is 107 Å². The van der Waals surface area contributed by atoms with Gasteiger partial charge < -0.3 is 11.1 Å². The van der Waals surface area contributed by atoms with Gasteiger partial charge in [0.1, 0.15) is 23.5 Å². The van der Waals surface area contributed by atoms with Crippen LogP contribution in [0.2, 0.25) is 0 Å². The molecule has 1 saturated carbocycles. The van der Waals surface area contributed by atoms with Crippen LogP contribution in [-0.2, 0) is 5.41 Å². The Kier molecular flexibility index (Phi) is 5.06. The van der Waals surface area contributed by atoms with Crippen molar-refractivity contribution in [3.8, 4) is 11.3 Å². The van der Waals surface area contributed by atoms with E-state index in [9.17, 15) is 18.0 Å². The second-order valence-corrected chi connectivity index (χ2v) is 7.20. The van der Waals surface area contributed by atoms with Gasteiger partial charge in [-0.15, -0.1) is 10.2 Å². The number of carbonyl (C=O) groups is 1. The summed E-state index contributed by atoms with van der Waals surface area (Å²) in [5.74, 6) is -1.69. The van der Waals surface area contributed by atoms with E-state index in [1.807, 2.05) is 0 Å². The van der Waals surface area contributed by atoms with Crippen LogP contribution in [0.3, 0.4) is 0 Å². The van der Waals surface area contributed by atoms with Gasteiger partial charge in [0.05, 0.1) is 11.9 Å². The van der Waals surface area contributed by atoms with Gasteiger partial charge in [0.15, 0.2) is 0 Å². The average molecular weight is 414 g/mol. The van der Waals surface area contributed by atoms with E-state index in [-0.39, 0.29) is 47.8 Å². The maximum atomic E-state index is 14.2. The molecule has 0 atom stereocenters. The van der Waals surface area contributed by atoms with Crippen molar-refractivity contribution in [1.29, 1.82) is 0 Å². The van der Waals surface area contributed by atoms with Gasteiger partial charge in [0.2, 0.25) is 11.9 Å². The fourth-order valence-corrected chi connectivity index (χ4v) is 3.59. The predicted molar refractivity (Wildman–Crippen MR) is 102 cm³/mol. The first kappa shape index (κ1) is 19.7. The molecule has 0 spiro atoms. The molecule has 7 nitrogen and oxygen atoms in total. The molecular formula is C20H17F3N6O. The first-order valence-corrected chi connectivity index (χ1v) is 9.16. The predicted octanol–water partition coefficient (Wildman–Crippen LogP) is 2.79. The molecule has 3 aromatic rings. The van der Waals surface area contributed by atoms with E-state index in [1.54, 1.807) is 0 Å². The fraction of sp³-hybridized carbons (Fsp3) is 0.250. The number of aromatic nitrogens is 4. The van der Waals surface area contributed by atoms with E-state index < -0.39 is 29.1 Å². The van der Waals surface area contributed by atoms with E-state index >= 15 is 0 Å². The lowest BCUT2D eigenvalue weighted by atomic mass is 9.65. The Bertz CT molecular complexity index is 1090. The largest absolute Gasteiger partial charge is 0.366 e. The van der Waals surface area contributed by atoms with Gasteiger partial charge in [0, 0.05) is 29.3 Å². The number of anilines is 1. The number of carbonyl (C=O) groups excluding carboxylic acids is 1. The molecule has 1 fully saturated rings. The van der Waals surface area contributed by atoms with Gasteiger partial charge in [-0.2, -0.15) is 0 Å². The summed E-state index contributed by atoms with van der Waals surface area (Å²) >= 11 is 0. The van der Waals surface area contributed by atoms with Gasteiger partial charge >= 0.3 is 0 Å². The molecule has 0 aliphatic heterocycles. The summed E-state index contributed by atoms with van der Waals surface area (Å²) in [6.07, 6.45) is 1.98. The molecule has 2 aromatic heterocycles. The van der Waals surface area contributed by atoms with Gasteiger partial charge in [-0.3, -0.25) is 9.78 Å². The summed E-state index contributed by atoms with van der Waals surface area (Å²) in [6, 6.07) is 6.41. The molecule has 0 unspecified atom stereocenters. The molecule has 154 valence electrons. The molecule has 0 radical (unpaired) electrons. The van der Waals surface area contributed by atoms with Crippen molar-refractivity contribution in [3.63, 3.8) is 0 Å². The van der Waals surface area contributed by atoms with Crippen LogP contribution in [0.4, 0.5) is 19.1 Å². The molecule has 2 heterocycles. The molecular weight excluding hydrogens is 397 g/mol. The van der Waals surface area contributed by atoms with Gasteiger partial charge in [-0.05, 0) is 43.2 Å². The zero-order valence-corrected chi connectivity index (χ0v) is 15.6. The molecule has 3 N–H and O–H groups in total. The Balaban J connectivity index is 1.52. The van der Waals surface area contributed by atoms with Crippen LogP contribution in [0, 0.1) is 11.6 Å². The number of rotatable bonds is 6. The monoisotopic (exact) mass is 414 g/mol. The van der Waals surface area contributed by atoms with Crippen molar-refractivity contribution in [2.45, 2.75) is 24.4 Å². The van der Waals surface area contributed by atoms with Gasteiger partial charge in [-0.25, -0.2) is 18.2 Å². The standard InChI is InChI=1S/C20H17F3N6O/c21-12-7-20(8-12,17-15(23)2-1-5-25-17)10-27-19-26-9-16(28-29-19)13-6-11(18(24)30)3-4-14(13)22/h1-6,9,12H,7-8,10H2,(H2,24,30)(H,26,27,29)/t12-,20-. The number of hydrogen-bond acceptors (Lipinski definition) is 6. The quantitative estimate of drug-likeness (QED) is 0.642. The van der Waals surface area contributed by atoms with E-state index in [0.29, 0.717) is 0 Å². The first-order valence-electron chi connectivity index (χ1n) is 9.16. The van der Waals surface area contributed by atoms with E-state index in [1.165, 1.54) is 36.7 Å². The van der Waals surface area contributed by atoms with E-state index in [0.717, 1.165) is 6.07 Å². The van der Waals surface area contributed by atoms with Crippen LogP contribution < -0.4 is 11.1 Å². The highest BCUT2D eigenvalue weighted by molar-refractivity contribution is 5.94. The molecule has 1 aliphatic carbocycles. The van der Waals surface area contributed by atoms with Crippen LogP contribution >= 0.6 is 0 Å². The number of alkyl halides is 1. The number of pyridine rings is 1. The highest BCUT2D eigenvalue weighted by Gasteiger charge is 2.48. The third-order valence-corrected chi connectivity index (χ3v) is 5.16. The zero-order valence-electron chi connectivity index (χ0n) is 15.6. The van der Waals surface area contributed by atoms with Crippen molar-refractivity contribution in [3.05, 3.63) is 65.6 Å². The molecule has 0 saturated heterocycles. The number of nitrogens with zero attached hydrogens (tertiary/aromatic N) is 4. The number of benzene rings is 1. The lowest BCUT2D eigenvalue weighted by Gasteiger charge is -2.43. The minimum Gasteiger partial charge on any atom is -0.366 e. The van der Waals surface area contributed by atoms with Crippen LogP contribution in [0.15, 0.2) is 42.7 Å². The third kappa shape index (κ3) is 3.68. The van der Waals surface area contributed by atoms with Crippen molar-refractivity contribution >= 4 is 11.9 Å². The number of nitrogens with one attached hydrogen (secondary N) is 1. The maximum absolute atomic E-state index is 14.2. The second-order valence-electron chi connectivity index (χ2n) is 7.20. The van der Waals surface area contributed by atoms with Crippen molar-refractivity contribution in [1.82, 2.24) is 20.2 Å². The normalized spacial score (nSPS) is 20.4. The number of nitrogens with two attached hydrogens (primary N) is 1. The third-order valence-electron chi connectivity index (χ3n) is 5.16. The number of hydrogen-bond donors (Lipinski definition) is 2. The number of primary amides is 1. The van der Waals surface area contributed by atoms with Gasteiger partial charge in [0.25, 0.3) is 0 Å². The summed E-state index contributed by atoms with van der Waals surface area (Å²) in [4.78, 5) is 19.5. The Morgan fingerprint density at radius 2 is 1.97 bits per heavy atom. The van der Waals surface area contributed by atoms with Gasteiger partial charge in [-0.1, -0.05) is 0 Å². The Morgan fingerprint density at radius 3 is 2.60 bits per heavy atom. The summed E-state index contributed by atoms with van der Waals surface area (Å²) in [6.45, 7) is 0.161. The summed E-state index contributed by atoms with van der Waals surface area (Å²) in [5.41, 5.74) is 4.87. The Hall–Kier alpha value is -3.56. The maximum Gasteiger partial charge on any atom is 0.248 e. The second kappa shape index (κ2) is 7.69.